The fourth-order valence-electron chi connectivity index (χ4n) is 1.70. The summed E-state index contributed by atoms with van der Waals surface area (Å²) < 4.78 is 9.76. The van der Waals surface area contributed by atoms with E-state index in [4.69, 9.17) is 9.84 Å². The van der Waals surface area contributed by atoms with E-state index in [1.807, 2.05) is 27.7 Å². The van der Waals surface area contributed by atoms with Crippen molar-refractivity contribution in [1.82, 2.24) is 5.32 Å². The molecule has 1 atom stereocenters. The van der Waals surface area contributed by atoms with Crippen molar-refractivity contribution in [3.05, 3.63) is 0 Å². The van der Waals surface area contributed by atoms with Gasteiger partial charge in [0.1, 0.15) is 5.60 Å². The molecule has 146 valence electrons. The lowest BCUT2D eigenvalue weighted by molar-refractivity contribution is -0.140. The van der Waals surface area contributed by atoms with Gasteiger partial charge >= 0.3 is 12.1 Å². The van der Waals surface area contributed by atoms with Crippen LogP contribution in [0.25, 0.3) is 0 Å². The van der Waals surface area contributed by atoms with Crippen LogP contribution in [-0.4, -0.2) is 42.5 Å². The molecular formula is C18H39NO5. The Bertz CT molecular complexity index is 300. The minimum atomic E-state index is -0.544. The molecule has 6 nitrogen and oxygen atoms in total. The first-order valence-corrected chi connectivity index (χ1v) is 8.95. The van der Waals surface area contributed by atoms with Gasteiger partial charge in [-0.25, -0.2) is 4.79 Å². The Labute approximate surface area is 148 Å². The van der Waals surface area contributed by atoms with Gasteiger partial charge in [0.15, 0.2) is 0 Å². The van der Waals surface area contributed by atoms with Crippen LogP contribution >= 0.6 is 0 Å². The summed E-state index contributed by atoms with van der Waals surface area (Å²) in [5, 5.41) is 11.6. The predicted octanol–water partition coefficient (Wildman–Crippen LogP) is 4.05. The van der Waals surface area contributed by atoms with Crippen LogP contribution in [0.4, 0.5) is 4.79 Å². The zero-order valence-corrected chi connectivity index (χ0v) is 16.9. The number of aliphatic hydroxyl groups excluding tert-OH is 1. The fraction of sp³-hybridized carbons (Fsp3) is 0.889. The van der Waals surface area contributed by atoms with Crippen LogP contribution in [0.3, 0.4) is 0 Å². The standard InChI is InChI=1S/C14H27NO5.2C2H6/c1-14(2,3)20-13(18)15-11(8-6-10-16)7-5-9-12(17)19-4;2*1-2/h11,16H,5-10H2,1-4H3,(H,15,18);2*1-2H3. The second-order valence-electron chi connectivity index (χ2n) is 5.68. The van der Waals surface area contributed by atoms with Crippen LogP contribution < -0.4 is 5.32 Å². The van der Waals surface area contributed by atoms with Crippen LogP contribution in [0.15, 0.2) is 0 Å². The maximum atomic E-state index is 11.7. The highest BCUT2D eigenvalue weighted by Crippen LogP contribution is 2.11. The highest BCUT2D eigenvalue weighted by molar-refractivity contribution is 5.69. The molecule has 0 bridgehead atoms. The molecule has 1 amide bonds. The monoisotopic (exact) mass is 349 g/mol. The van der Waals surface area contributed by atoms with Crippen molar-refractivity contribution >= 4 is 12.1 Å². The molecule has 0 aliphatic heterocycles. The predicted molar refractivity (Wildman–Crippen MR) is 98.0 cm³/mol. The smallest absolute Gasteiger partial charge is 0.407 e. The normalized spacial score (nSPS) is 11.0. The molecule has 1 unspecified atom stereocenters. The second-order valence-corrected chi connectivity index (χ2v) is 5.68. The third kappa shape index (κ3) is 20.7. The van der Waals surface area contributed by atoms with Gasteiger partial charge < -0.3 is 19.9 Å². The summed E-state index contributed by atoms with van der Waals surface area (Å²) in [7, 11) is 1.35. The number of nitrogens with one attached hydrogen (secondary N) is 1. The first-order chi connectivity index (χ1) is 11.3. The molecular weight excluding hydrogens is 310 g/mol. The minimum absolute atomic E-state index is 0.0729. The highest BCUT2D eigenvalue weighted by Gasteiger charge is 2.19. The highest BCUT2D eigenvalue weighted by atomic mass is 16.6. The molecule has 0 aromatic carbocycles. The number of hydrogen-bond donors (Lipinski definition) is 2. The lowest BCUT2D eigenvalue weighted by atomic mass is 10.0. The second kappa shape index (κ2) is 18.0. The van der Waals surface area contributed by atoms with Crippen molar-refractivity contribution in [3.8, 4) is 0 Å². The fourth-order valence-corrected chi connectivity index (χ4v) is 1.70. The van der Waals surface area contributed by atoms with Crippen molar-refractivity contribution in [2.75, 3.05) is 13.7 Å². The summed E-state index contributed by atoms with van der Waals surface area (Å²) in [5.41, 5.74) is -0.544. The van der Waals surface area contributed by atoms with E-state index in [1.54, 1.807) is 20.8 Å². The van der Waals surface area contributed by atoms with Gasteiger partial charge in [0.25, 0.3) is 0 Å². The van der Waals surface area contributed by atoms with E-state index in [2.05, 4.69) is 10.1 Å². The minimum Gasteiger partial charge on any atom is -0.469 e. The van der Waals surface area contributed by atoms with Crippen LogP contribution in [0.2, 0.25) is 0 Å². The van der Waals surface area contributed by atoms with E-state index in [0.717, 1.165) is 0 Å². The van der Waals surface area contributed by atoms with E-state index < -0.39 is 11.7 Å². The SMILES string of the molecule is CC.CC.COC(=O)CCCC(CCCO)NC(=O)OC(C)(C)C. The Morgan fingerprint density at radius 1 is 1.04 bits per heavy atom. The molecule has 0 heterocycles. The van der Waals surface area contributed by atoms with E-state index in [9.17, 15) is 9.59 Å². The number of aliphatic hydroxyl groups is 1. The average molecular weight is 350 g/mol. The maximum absolute atomic E-state index is 11.7. The molecule has 0 saturated carbocycles. The van der Waals surface area contributed by atoms with Gasteiger partial charge in [0.2, 0.25) is 0 Å². The lowest BCUT2D eigenvalue weighted by Crippen LogP contribution is -2.39. The summed E-state index contributed by atoms with van der Waals surface area (Å²) in [6.07, 6.45) is 2.36. The Balaban J connectivity index is -0.00000102. The molecule has 0 saturated heterocycles. The number of alkyl carbamates (subject to hydrolysis) is 1. The number of rotatable bonds is 8. The van der Waals surface area contributed by atoms with E-state index >= 15 is 0 Å². The average Bonchev–Trinajstić information content (AvgIpc) is 2.54. The maximum Gasteiger partial charge on any atom is 0.407 e. The van der Waals surface area contributed by atoms with E-state index in [-0.39, 0.29) is 18.6 Å². The topological polar surface area (TPSA) is 84.9 Å². The van der Waals surface area contributed by atoms with Gasteiger partial charge in [-0.2, -0.15) is 0 Å². The van der Waals surface area contributed by atoms with Crippen molar-refractivity contribution in [1.29, 1.82) is 0 Å². The summed E-state index contributed by atoms with van der Waals surface area (Å²) in [5.74, 6) is -0.261. The van der Waals surface area contributed by atoms with Crippen LogP contribution in [0, 0.1) is 0 Å². The number of ether oxygens (including phenoxy) is 2. The van der Waals surface area contributed by atoms with Gasteiger partial charge in [-0.3, -0.25) is 4.79 Å². The van der Waals surface area contributed by atoms with Crippen molar-refractivity contribution in [2.45, 2.75) is 92.2 Å². The zero-order valence-electron chi connectivity index (χ0n) is 16.9. The summed E-state index contributed by atoms with van der Waals surface area (Å²) in [6.45, 7) is 13.5. The van der Waals surface area contributed by atoms with Gasteiger partial charge in [-0.05, 0) is 46.5 Å². The third-order valence-corrected chi connectivity index (χ3v) is 2.59. The Morgan fingerprint density at radius 2 is 1.54 bits per heavy atom. The van der Waals surface area contributed by atoms with Crippen LogP contribution in [0.1, 0.15) is 80.6 Å². The molecule has 0 spiro atoms. The number of amides is 1. The molecule has 0 aliphatic rings. The molecule has 0 fully saturated rings. The molecule has 2 N–H and O–H groups in total. The van der Waals surface area contributed by atoms with Gasteiger partial charge in [0.05, 0.1) is 7.11 Å². The van der Waals surface area contributed by atoms with E-state index in [0.29, 0.717) is 32.1 Å². The number of methoxy groups -OCH3 is 1. The Kier molecular flexibility index (Phi) is 20.7. The number of carbonyl (C=O) groups excluding carboxylic acids is 2. The van der Waals surface area contributed by atoms with Crippen LogP contribution in [0.5, 0.6) is 0 Å². The van der Waals surface area contributed by atoms with Crippen molar-refractivity contribution in [3.63, 3.8) is 0 Å². The number of carbonyl (C=O) groups is 2. The quantitative estimate of drug-likeness (QED) is 0.646. The van der Waals surface area contributed by atoms with Gasteiger partial charge in [-0.1, -0.05) is 27.7 Å². The Morgan fingerprint density at radius 3 is 1.96 bits per heavy atom. The first-order valence-electron chi connectivity index (χ1n) is 8.95. The molecule has 0 aliphatic carbocycles. The molecule has 0 aromatic heterocycles. The largest absolute Gasteiger partial charge is 0.469 e. The molecule has 24 heavy (non-hydrogen) atoms. The summed E-state index contributed by atoms with van der Waals surface area (Å²) >= 11 is 0. The van der Waals surface area contributed by atoms with Crippen molar-refractivity contribution < 1.29 is 24.2 Å². The molecule has 0 radical (unpaired) electrons. The summed E-state index contributed by atoms with van der Waals surface area (Å²) in [4.78, 5) is 22.7. The number of hydrogen-bond acceptors (Lipinski definition) is 5. The van der Waals surface area contributed by atoms with Gasteiger partial charge in [0, 0.05) is 19.1 Å². The summed E-state index contributed by atoms with van der Waals surface area (Å²) in [6, 6.07) is -0.110. The third-order valence-electron chi connectivity index (χ3n) is 2.59. The number of esters is 1. The van der Waals surface area contributed by atoms with Crippen LogP contribution in [-0.2, 0) is 14.3 Å². The van der Waals surface area contributed by atoms with E-state index in [1.165, 1.54) is 7.11 Å². The molecule has 6 heteroatoms. The van der Waals surface area contributed by atoms with Gasteiger partial charge in [-0.15, -0.1) is 0 Å². The zero-order chi connectivity index (χ0) is 19.6. The van der Waals surface area contributed by atoms with Crippen molar-refractivity contribution in [2.24, 2.45) is 0 Å². The Hall–Kier alpha value is -1.30. The lowest BCUT2D eigenvalue weighted by Gasteiger charge is -2.23. The molecule has 0 rings (SSSR count). The first kappa shape index (κ1) is 27.5. The molecule has 0 aromatic rings.